The van der Waals surface area contributed by atoms with Crippen LogP contribution >= 0.6 is 0 Å². The third kappa shape index (κ3) is 3.11. The van der Waals surface area contributed by atoms with Crippen LogP contribution in [-0.4, -0.2) is 42.8 Å². The van der Waals surface area contributed by atoms with E-state index in [-0.39, 0.29) is 5.56 Å². The van der Waals surface area contributed by atoms with E-state index < -0.39 is 30.2 Å². The van der Waals surface area contributed by atoms with Crippen LogP contribution in [0.4, 0.5) is 17.6 Å². The standard InChI is InChI=1S/C13H16F4N2O/c14-10-3-1-2-9(12(10)13(15,16)17)11(8-20)19-6-4-18-5-7-19/h1-3,11,18,20H,4-8H2/t11-/m0/s1. The molecule has 0 saturated carbocycles. The first-order valence-corrected chi connectivity index (χ1v) is 6.36. The molecule has 1 saturated heterocycles. The quantitative estimate of drug-likeness (QED) is 0.834. The third-order valence-corrected chi connectivity index (χ3v) is 3.45. The molecule has 1 aliphatic heterocycles. The number of hydrogen-bond acceptors (Lipinski definition) is 3. The fourth-order valence-electron chi connectivity index (χ4n) is 2.52. The van der Waals surface area contributed by atoms with Gasteiger partial charge in [0.25, 0.3) is 0 Å². The van der Waals surface area contributed by atoms with Crippen molar-refractivity contribution < 1.29 is 22.7 Å². The molecule has 0 radical (unpaired) electrons. The second kappa shape index (κ2) is 6.07. The summed E-state index contributed by atoms with van der Waals surface area (Å²) in [6.07, 6.45) is -4.78. The molecule has 1 aliphatic rings. The Morgan fingerprint density at radius 1 is 1.25 bits per heavy atom. The summed E-state index contributed by atoms with van der Waals surface area (Å²) < 4.78 is 52.6. The highest BCUT2D eigenvalue weighted by atomic mass is 19.4. The molecule has 20 heavy (non-hydrogen) atoms. The fourth-order valence-corrected chi connectivity index (χ4v) is 2.52. The smallest absolute Gasteiger partial charge is 0.394 e. The van der Waals surface area contributed by atoms with Crippen molar-refractivity contribution in [1.29, 1.82) is 0 Å². The SMILES string of the molecule is OC[C@@H](c1cccc(F)c1C(F)(F)F)N1CCNCC1. The van der Waals surface area contributed by atoms with Gasteiger partial charge in [0.1, 0.15) is 5.82 Å². The molecule has 2 N–H and O–H groups in total. The average molecular weight is 292 g/mol. The Hall–Kier alpha value is -1.18. The Balaban J connectivity index is 2.41. The summed E-state index contributed by atoms with van der Waals surface area (Å²) >= 11 is 0. The maximum atomic E-state index is 13.6. The van der Waals surface area contributed by atoms with Gasteiger partial charge in [-0.05, 0) is 11.6 Å². The fraction of sp³-hybridized carbons (Fsp3) is 0.538. The van der Waals surface area contributed by atoms with Crippen LogP contribution in [-0.2, 0) is 6.18 Å². The lowest BCUT2D eigenvalue weighted by molar-refractivity contribution is -0.141. The number of benzene rings is 1. The molecule has 1 aromatic rings. The van der Waals surface area contributed by atoms with Gasteiger partial charge in [-0.25, -0.2) is 4.39 Å². The van der Waals surface area contributed by atoms with Crippen molar-refractivity contribution in [2.45, 2.75) is 12.2 Å². The summed E-state index contributed by atoms with van der Waals surface area (Å²) in [6, 6.07) is 2.42. The second-order valence-electron chi connectivity index (χ2n) is 4.69. The van der Waals surface area contributed by atoms with E-state index in [2.05, 4.69) is 5.32 Å². The van der Waals surface area contributed by atoms with Crippen molar-refractivity contribution in [3.8, 4) is 0 Å². The minimum absolute atomic E-state index is 0.207. The van der Waals surface area contributed by atoms with Gasteiger partial charge in [-0.1, -0.05) is 12.1 Å². The third-order valence-electron chi connectivity index (χ3n) is 3.45. The van der Waals surface area contributed by atoms with E-state index in [0.29, 0.717) is 26.2 Å². The maximum absolute atomic E-state index is 13.6. The van der Waals surface area contributed by atoms with Gasteiger partial charge in [0.2, 0.25) is 0 Å². The number of nitrogens with one attached hydrogen (secondary N) is 1. The number of hydrogen-bond donors (Lipinski definition) is 2. The number of aliphatic hydroxyl groups excluding tert-OH is 1. The lowest BCUT2D eigenvalue weighted by Gasteiger charge is -2.35. The van der Waals surface area contributed by atoms with E-state index in [1.165, 1.54) is 12.1 Å². The van der Waals surface area contributed by atoms with Gasteiger partial charge in [-0.3, -0.25) is 4.90 Å². The first kappa shape index (κ1) is 15.2. The monoisotopic (exact) mass is 292 g/mol. The van der Waals surface area contributed by atoms with Crippen molar-refractivity contribution in [3.63, 3.8) is 0 Å². The predicted molar refractivity (Wildman–Crippen MR) is 65.7 cm³/mol. The van der Waals surface area contributed by atoms with Gasteiger partial charge >= 0.3 is 6.18 Å². The van der Waals surface area contributed by atoms with Crippen LogP contribution in [0.5, 0.6) is 0 Å². The van der Waals surface area contributed by atoms with E-state index in [0.717, 1.165) is 6.07 Å². The van der Waals surface area contributed by atoms with Crippen LogP contribution in [0.2, 0.25) is 0 Å². The van der Waals surface area contributed by atoms with E-state index in [9.17, 15) is 22.7 Å². The average Bonchev–Trinajstić information content (AvgIpc) is 2.39. The minimum Gasteiger partial charge on any atom is -0.394 e. The number of piperazine rings is 1. The molecule has 1 atom stereocenters. The minimum atomic E-state index is -4.78. The Morgan fingerprint density at radius 2 is 1.90 bits per heavy atom. The molecule has 0 aromatic heterocycles. The normalized spacial score (nSPS) is 19.1. The van der Waals surface area contributed by atoms with E-state index in [1.54, 1.807) is 4.90 Å². The van der Waals surface area contributed by atoms with Crippen LogP contribution in [0, 0.1) is 5.82 Å². The number of rotatable bonds is 3. The molecular weight excluding hydrogens is 276 g/mol. The van der Waals surface area contributed by atoms with Crippen molar-refractivity contribution >= 4 is 0 Å². The van der Waals surface area contributed by atoms with Crippen molar-refractivity contribution in [3.05, 3.63) is 35.1 Å². The molecule has 0 aliphatic carbocycles. The number of aliphatic hydroxyl groups is 1. The topological polar surface area (TPSA) is 35.5 Å². The van der Waals surface area contributed by atoms with Crippen molar-refractivity contribution in [2.24, 2.45) is 0 Å². The molecule has 2 rings (SSSR count). The van der Waals surface area contributed by atoms with Crippen LogP contribution in [0.15, 0.2) is 18.2 Å². The highest BCUT2D eigenvalue weighted by Gasteiger charge is 2.39. The zero-order valence-electron chi connectivity index (χ0n) is 10.8. The Labute approximate surface area is 114 Å². The molecule has 0 amide bonds. The van der Waals surface area contributed by atoms with Gasteiger partial charge in [0.05, 0.1) is 18.2 Å². The van der Waals surface area contributed by atoms with E-state index in [4.69, 9.17) is 0 Å². The highest BCUT2D eigenvalue weighted by molar-refractivity contribution is 5.34. The van der Waals surface area contributed by atoms with Crippen LogP contribution in [0.3, 0.4) is 0 Å². The predicted octanol–water partition coefficient (Wildman–Crippen LogP) is 1.78. The number of alkyl halides is 3. The second-order valence-corrected chi connectivity index (χ2v) is 4.69. The molecule has 0 spiro atoms. The molecule has 3 nitrogen and oxygen atoms in total. The molecule has 7 heteroatoms. The molecule has 0 bridgehead atoms. The number of nitrogens with zero attached hydrogens (tertiary/aromatic N) is 1. The maximum Gasteiger partial charge on any atom is 0.419 e. The summed E-state index contributed by atoms with van der Waals surface area (Å²) in [5, 5.41) is 12.5. The van der Waals surface area contributed by atoms with E-state index >= 15 is 0 Å². The van der Waals surface area contributed by atoms with Gasteiger partial charge in [-0.2, -0.15) is 13.2 Å². The summed E-state index contributed by atoms with van der Waals surface area (Å²) in [5.41, 5.74) is -1.49. The molecule has 0 unspecified atom stereocenters. The Kier molecular flexibility index (Phi) is 4.62. The zero-order valence-corrected chi connectivity index (χ0v) is 10.8. The first-order chi connectivity index (χ1) is 9.45. The largest absolute Gasteiger partial charge is 0.419 e. The van der Waals surface area contributed by atoms with Crippen LogP contribution in [0.25, 0.3) is 0 Å². The van der Waals surface area contributed by atoms with Crippen molar-refractivity contribution in [2.75, 3.05) is 32.8 Å². The van der Waals surface area contributed by atoms with Crippen molar-refractivity contribution in [1.82, 2.24) is 10.2 Å². The molecule has 1 fully saturated rings. The van der Waals surface area contributed by atoms with Crippen LogP contribution < -0.4 is 5.32 Å². The van der Waals surface area contributed by atoms with Gasteiger partial charge in [-0.15, -0.1) is 0 Å². The van der Waals surface area contributed by atoms with Crippen LogP contribution in [0.1, 0.15) is 17.2 Å². The lowest BCUT2D eigenvalue weighted by Crippen LogP contribution is -2.46. The highest BCUT2D eigenvalue weighted by Crippen LogP contribution is 2.38. The summed E-state index contributed by atoms with van der Waals surface area (Å²) in [5.74, 6) is -1.30. The lowest BCUT2D eigenvalue weighted by atomic mass is 9.98. The van der Waals surface area contributed by atoms with Gasteiger partial charge in [0, 0.05) is 26.2 Å². The summed E-state index contributed by atoms with van der Waals surface area (Å²) in [6.45, 7) is 1.81. The van der Waals surface area contributed by atoms with E-state index in [1.807, 2.05) is 0 Å². The summed E-state index contributed by atoms with van der Waals surface area (Å²) in [7, 11) is 0. The first-order valence-electron chi connectivity index (χ1n) is 6.36. The molecule has 112 valence electrons. The Morgan fingerprint density at radius 3 is 2.45 bits per heavy atom. The molecular formula is C13H16F4N2O. The molecule has 1 aromatic carbocycles. The zero-order chi connectivity index (χ0) is 14.8. The van der Waals surface area contributed by atoms with Gasteiger partial charge in [0.15, 0.2) is 0 Å². The number of halogens is 4. The van der Waals surface area contributed by atoms with Gasteiger partial charge < -0.3 is 10.4 Å². The Bertz CT molecular complexity index is 458. The summed E-state index contributed by atoms with van der Waals surface area (Å²) in [4.78, 5) is 1.74. The molecule has 1 heterocycles.